The first-order valence-corrected chi connectivity index (χ1v) is 17.8. The number of hydrogen-bond donors (Lipinski definition) is 0. The molecule has 246 valence electrons. The van der Waals surface area contributed by atoms with E-state index in [1.807, 2.05) is 48.7 Å². The molecule has 1 spiro atoms. The Balaban J connectivity index is 1.26. The van der Waals surface area contributed by atoms with Gasteiger partial charge in [-0.05, 0) is 62.7 Å². The number of aromatic nitrogens is 4. The van der Waals surface area contributed by atoms with Crippen molar-refractivity contribution >= 4 is 0 Å². The number of fused-ring (bicyclic) bond motifs is 9. The minimum Gasteiger partial charge on any atom is -0.256 e. The Morgan fingerprint density at radius 3 is 1.62 bits per heavy atom. The van der Waals surface area contributed by atoms with Crippen molar-refractivity contribution in [1.82, 2.24) is 19.9 Å². The van der Waals surface area contributed by atoms with Gasteiger partial charge in [0.25, 0.3) is 0 Å². The van der Waals surface area contributed by atoms with Crippen LogP contribution in [-0.4, -0.2) is 19.9 Å². The van der Waals surface area contributed by atoms with Crippen molar-refractivity contribution in [3.63, 3.8) is 0 Å². The highest BCUT2D eigenvalue weighted by Crippen LogP contribution is 2.63. The summed E-state index contributed by atoms with van der Waals surface area (Å²) in [6.45, 7) is 4.71. The van der Waals surface area contributed by atoms with E-state index in [2.05, 4.69) is 140 Å². The molecular weight excluding hydrogens is 633 g/mol. The van der Waals surface area contributed by atoms with Gasteiger partial charge in [0.1, 0.15) is 0 Å². The van der Waals surface area contributed by atoms with Crippen LogP contribution < -0.4 is 0 Å². The van der Waals surface area contributed by atoms with Gasteiger partial charge in [0, 0.05) is 33.9 Å². The van der Waals surface area contributed by atoms with E-state index in [4.69, 9.17) is 15.0 Å². The molecule has 52 heavy (non-hydrogen) atoms. The highest BCUT2D eigenvalue weighted by atomic mass is 15.0. The molecule has 2 aliphatic rings. The smallest absolute Gasteiger partial charge is 0.164 e. The van der Waals surface area contributed by atoms with E-state index >= 15 is 0 Å². The van der Waals surface area contributed by atoms with Gasteiger partial charge in [0.15, 0.2) is 17.5 Å². The average molecular weight is 667 g/mol. The molecule has 0 radical (unpaired) electrons. The lowest BCUT2D eigenvalue weighted by atomic mass is 9.55. The Morgan fingerprint density at radius 1 is 0.385 bits per heavy atom. The van der Waals surface area contributed by atoms with Crippen LogP contribution in [0.4, 0.5) is 0 Å². The molecule has 6 aromatic carbocycles. The summed E-state index contributed by atoms with van der Waals surface area (Å²) in [4.78, 5) is 20.2. The molecule has 4 nitrogen and oxygen atoms in total. The van der Waals surface area contributed by atoms with Crippen LogP contribution in [0.3, 0.4) is 0 Å². The van der Waals surface area contributed by atoms with Crippen LogP contribution in [-0.2, 0) is 10.8 Å². The first-order chi connectivity index (χ1) is 25.5. The molecule has 0 fully saturated rings. The minimum absolute atomic E-state index is 0.161. The summed E-state index contributed by atoms with van der Waals surface area (Å²) in [5.74, 6) is 1.90. The van der Waals surface area contributed by atoms with Crippen molar-refractivity contribution in [1.29, 1.82) is 0 Å². The molecule has 2 heterocycles. The van der Waals surface area contributed by atoms with Crippen molar-refractivity contribution in [2.24, 2.45) is 0 Å². The van der Waals surface area contributed by atoms with Crippen molar-refractivity contribution in [3.8, 4) is 56.5 Å². The molecule has 0 saturated carbocycles. The molecule has 0 atom stereocenters. The van der Waals surface area contributed by atoms with Gasteiger partial charge in [-0.25, -0.2) is 15.0 Å². The van der Waals surface area contributed by atoms with Crippen LogP contribution in [0.15, 0.2) is 170 Å². The number of hydrogen-bond acceptors (Lipinski definition) is 4. The Kier molecular flexibility index (Phi) is 6.71. The van der Waals surface area contributed by atoms with E-state index in [1.165, 1.54) is 44.5 Å². The zero-order valence-electron chi connectivity index (χ0n) is 29.0. The molecule has 0 saturated heterocycles. The lowest BCUT2D eigenvalue weighted by molar-refractivity contribution is 0.563. The van der Waals surface area contributed by atoms with Crippen LogP contribution in [0.25, 0.3) is 56.5 Å². The number of pyridine rings is 1. The van der Waals surface area contributed by atoms with Gasteiger partial charge in [-0.2, -0.15) is 0 Å². The third-order valence-corrected chi connectivity index (χ3v) is 11.1. The number of benzene rings is 6. The van der Waals surface area contributed by atoms with Gasteiger partial charge >= 0.3 is 0 Å². The van der Waals surface area contributed by atoms with Crippen LogP contribution in [0, 0.1) is 0 Å². The summed E-state index contributed by atoms with van der Waals surface area (Å²) in [5, 5.41) is 0. The maximum Gasteiger partial charge on any atom is 0.164 e. The van der Waals surface area contributed by atoms with Crippen molar-refractivity contribution < 1.29 is 0 Å². The largest absolute Gasteiger partial charge is 0.256 e. The summed E-state index contributed by atoms with van der Waals surface area (Å²) < 4.78 is 0. The Labute approximate surface area is 303 Å². The maximum absolute atomic E-state index is 5.29. The quantitative estimate of drug-likeness (QED) is 0.188. The standard InChI is InChI=1S/C48H34N4/c1-47(2)37-23-8-10-25-39(37)48(40-26-11-9-24-38(40)47)36-22-7-6-20-34(36)43-35(21-15-27-41(43)48)46-51-44(31-16-4-3-5-17-31)50-45(52-46)33-19-14-18-32(30-33)42-28-12-13-29-49-42/h3-30H,1-2H3. The number of nitrogens with zero attached hydrogens (tertiary/aromatic N) is 4. The van der Waals surface area contributed by atoms with E-state index in [0.717, 1.165) is 27.9 Å². The fourth-order valence-corrected chi connectivity index (χ4v) is 8.79. The fraction of sp³-hybridized carbons (Fsp3) is 0.0833. The molecule has 0 amide bonds. The van der Waals surface area contributed by atoms with Crippen LogP contribution in [0.1, 0.15) is 47.2 Å². The second-order valence-electron chi connectivity index (χ2n) is 14.2. The van der Waals surface area contributed by atoms with E-state index in [0.29, 0.717) is 17.5 Å². The summed E-state index contributed by atoms with van der Waals surface area (Å²) in [7, 11) is 0. The molecule has 2 aromatic heterocycles. The normalized spacial score (nSPS) is 14.3. The first kappa shape index (κ1) is 30.3. The lowest BCUT2D eigenvalue weighted by Crippen LogP contribution is -2.40. The molecule has 0 unspecified atom stereocenters. The average Bonchev–Trinajstić information content (AvgIpc) is 3.52. The Hall–Kier alpha value is -6.52. The van der Waals surface area contributed by atoms with E-state index in [-0.39, 0.29) is 5.41 Å². The van der Waals surface area contributed by atoms with Gasteiger partial charge in [-0.15, -0.1) is 0 Å². The molecular formula is C48H34N4. The molecule has 0 N–H and O–H groups in total. The van der Waals surface area contributed by atoms with Crippen LogP contribution in [0.5, 0.6) is 0 Å². The molecule has 0 bridgehead atoms. The monoisotopic (exact) mass is 666 g/mol. The zero-order valence-corrected chi connectivity index (χ0v) is 29.0. The molecule has 10 rings (SSSR count). The molecule has 4 heteroatoms. The van der Waals surface area contributed by atoms with E-state index in [9.17, 15) is 0 Å². The Bertz CT molecular complexity index is 2610. The summed E-state index contributed by atoms with van der Waals surface area (Å²) in [6, 6.07) is 58.1. The fourth-order valence-electron chi connectivity index (χ4n) is 8.79. The van der Waals surface area contributed by atoms with Gasteiger partial charge < -0.3 is 0 Å². The van der Waals surface area contributed by atoms with E-state index in [1.54, 1.807) is 0 Å². The highest BCUT2D eigenvalue weighted by molar-refractivity contribution is 5.95. The summed E-state index contributed by atoms with van der Waals surface area (Å²) in [6.07, 6.45) is 1.82. The van der Waals surface area contributed by atoms with Crippen LogP contribution in [0.2, 0.25) is 0 Å². The van der Waals surface area contributed by atoms with Gasteiger partial charge in [0.05, 0.1) is 11.1 Å². The lowest BCUT2D eigenvalue weighted by Gasteiger charge is -2.46. The predicted octanol–water partition coefficient (Wildman–Crippen LogP) is 10.9. The van der Waals surface area contributed by atoms with Crippen LogP contribution >= 0.6 is 0 Å². The second-order valence-corrected chi connectivity index (χ2v) is 14.2. The third-order valence-electron chi connectivity index (χ3n) is 11.1. The molecule has 0 aliphatic heterocycles. The number of rotatable bonds is 4. The Morgan fingerprint density at radius 2 is 0.904 bits per heavy atom. The van der Waals surface area contributed by atoms with Gasteiger partial charge in [-0.1, -0.05) is 159 Å². The zero-order chi connectivity index (χ0) is 34.9. The SMILES string of the molecule is CC1(C)c2ccccc2C2(c3ccccc3-c3c(-c4nc(-c5ccccc5)nc(-c5cccc(-c6ccccn6)c5)n4)cccc32)c2ccccc21. The summed E-state index contributed by atoms with van der Waals surface area (Å²) in [5.41, 5.74) is 14.4. The molecule has 8 aromatic rings. The van der Waals surface area contributed by atoms with Gasteiger partial charge in [0.2, 0.25) is 0 Å². The van der Waals surface area contributed by atoms with Crippen molar-refractivity contribution in [2.45, 2.75) is 24.7 Å². The summed E-state index contributed by atoms with van der Waals surface area (Å²) >= 11 is 0. The topological polar surface area (TPSA) is 51.6 Å². The molecule has 2 aliphatic carbocycles. The maximum atomic E-state index is 5.29. The third kappa shape index (κ3) is 4.34. The second kappa shape index (κ2) is 11.5. The van der Waals surface area contributed by atoms with Crippen molar-refractivity contribution in [3.05, 3.63) is 203 Å². The van der Waals surface area contributed by atoms with E-state index < -0.39 is 5.41 Å². The van der Waals surface area contributed by atoms with Gasteiger partial charge in [-0.3, -0.25) is 4.98 Å². The predicted molar refractivity (Wildman–Crippen MR) is 209 cm³/mol. The minimum atomic E-state index is -0.500. The first-order valence-electron chi connectivity index (χ1n) is 17.8. The van der Waals surface area contributed by atoms with Crippen molar-refractivity contribution in [2.75, 3.05) is 0 Å². The highest BCUT2D eigenvalue weighted by Gasteiger charge is 2.53.